The Labute approximate surface area is 102 Å². The van der Waals surface area contributed by atoms with Gasteiger partial charge in [0.2, 0.25) is 5.91 Å². The molecule has 1 amide bonds. The summed E-state index contributed by atoms with van der Waals surface area (Å²) >= 11 is 0. The zero-order valence-corrected chi connectivity index (χ0v) is 10.1. The van der Waals surface area contributed by atoms with Gasteiger partial charge in [-0.3, -0.25) is 4.79 Å². The lowest BCUT2D eigenvalue weighted by Gasteiger charge is -2.12. The molecule has 0 aliphatic rings. The number of carbonyl (C=O) groups is 1. The molecule has 0 spiro atoms. The molecule has 0 aliphatic heterocycles. The number of hydrogen-bond donors (Lipinski definition) is 3. The molecule has 1 rings (SSSR count). The summed E-state index contributed by atoms with van der Waals surface area (Å²) in [7, 11) is 0. The third-order valence-electron chi connectivity index (χ3n) is 2.71. The van der Waals surface area contributed by atoms with Crippen LogP contribution in [0.25, 0.3) is 0 Å². The predicted octanol–water partition coefficient (Wildman–Crippen LogP) is 0.689. The van der Waals surface area contributed by atoms with Crippen LogP contribution >= 0.6 is 0 Å². The number of rotatable bonds is 7. The van der Waals surface area contributed by atoms with E-state index < -0.39 is 5.91 Å². The maximum atomic E-state index is 10.9. The fourth-order valence-electron chi connectivity index (χ4n) is 1.63. The number of primary amides is 1. The highest BCUT2D eigenvalue weighted by Gasteiger charge is 2.03. The highest BCUT2D eigenvalue weighted by Crippen LogP contribution is 2.07. The first-order chi connectivity index (χ1) is 8.13. The van der Waals surface area contributed by atoms with Gasteiger partial charge in [0.1, 0.15) is 0 Å². The van der Waals surface area contributed by atoms with Gasteiger partial charge < -0.3 is 16.2 Å². The standard InChI is InChI=1S/C13H20N2O2/c1-10(15-8-9-16)2-3-11-4-6-12(7-5-11)13(14)17/h4-7,10,15-16H,2-3,8-9H2,1H3,(H2,14,17). The van der Waals surface area contributed by atoms with Gasteiger partial charge in [-0.2, -0.15) is 0 Å². The zero-order chi connectivity index (χ0) is 12.7. The van der Waals surface area contributed by atoms with E-state index in [0.29, 0.717) is 18.2 Å². The van der Waals surface area contributed by atoms with Crippen LogP contribution in [0.5, 0.6) is 0 Å². The van der Waals surface area contributed by atoms with Crippen molar-refractivity contribution in [1.82, 2.24) is 5.32 Å². The third-order valence-corrected chi connectivity index (χ3v) is 2.71. The minimum absolute atomic E-state index is 0.164. The molecule has 0 aliphatic carbocycles. The summed E-state index contributed by atoms with van der Waals surface area (Å²) in [6.07, 6.45) is 1.94. The molecule has 4 heteroatoms. The summed E-state index contributed by atoms with van der Waals surface area (Å²) in [6, 6.07) is 7.74. The summed E-state index contributed by atoms with van der Waals surface area (Å²) in [5.74, 6) is -0.394. The van der Waals surface area contributed by atoms with Crippen molar-refractivity contribution >= 4 is 5.91 Å². The van der Waals surface area contributed by atoms with Crippen LogP contribution in [0.2, 0.25) is 0 Å². The lowest BCUT2D eigenvalue weighted by atomic mass is 10.0. The molecule has 94 valence electrons. The van der Waals surface area contributed by atoms with E-state index in [2.05, 4.69) is 12.2 Å². The maximum Gasteiger partial charge on any atom is 0.248 e. The molecule has 4 nitrogen and oxygen atoms in total. The molecule has 0 bridgehead atoms. The Balaban J connectivity index is 2.39. The van der Waals surface area contributed by atoms with Gasteiger partial charge in [0.25, 0.3) is 0 Å². The van der Waals surface area contributed by atoms with Crippen LogP contribution in [0.3, 0.4) is 0 Å². The largest absolute Gasteiger partial charge is 0.395 e. The predicted molar refractivity (Wildman–Crippen MR) is 67.8 cm³/mol. The van der Waals surface area contributed by atoms with Crippen LogP contribution in [0.15, 0.2) is 24.3 Å². The van der Waals surface area contributed by atoms with Crippen LogP contribution < -0.4 is 11.1 Å². The van der Waals surface area contributed by atoms with Crippen LogP contribution in [0.1, 0.15) is 29.3 Å². The topological polar surface area (TPSA) is 75.4 Å². The van der Waals surface area contributed by atoms with Crippen molar-refractivity contribution in [2.75, 3.05) is 13.2 Å². The third kappa shape index (κ3) is 4.97. The van der Waals surface area contributed by atoms with E-state index in [-0.39, 0.29) is 6.61 Å². The van der Waals surface area contributed by atoms with Gasteiger partial charge in [-0.15, -0.1) is 0 Å². The average Bonchev–Trinajstić information content (AvgIpc) is 2.34. The first-order valence-corrected chi connectivity index (χ1v) is 5.86. The SMILES string of the molecule is CC(CCc1ccc(C(N)=O)cc1)NCCO. The van der Waals surface area contributed by atoms with Crippen molar-refractivity contribution in [1.29, 1.82) is 0 Å². The van der Waals surface area contributed by atoms with E-state index in [1.165, 1.54) is 5.56 Å². The van der Waals surface area contributed by atoms with Gasteiger partial charge in [-0.25, -0.2) is 0 Å². The quantitative estimate of drug-likeness (QED) is 0.652. The Morgan fingerprint density at radius 2 is 2.06 bits per heavy atom. The van der Waals surface area contributed by atoms with Crippen molar-refractivity contribution in [3.63, 3.8) is 0 Å². The van der Waals surface area contributed by atoms with Gasteiger partial charge in [0, 0.05) is 18.2 Å². The number of nitrogens with one attached hydrogen (secondary N) is 1. The molecule has 17 heavy (non-hydrogen) atoms. The van der Waals surface area contributed by atoms with Gasteiger partial charge in [0.15, 0.2) is 0 Å². The van der Waals surface area contributed by atoms with Crippen LogP contribution in [-0.2, 0) is 6.42 Å². The van der Waals surface area contributed by atoms with Crippen LogP contribution in [0, 0.1) is 0 Å². The molecule has 0 saturated heterocycles. The molecule has 4 N–H and O–H groups in total. The molecule has 1 aromatic carbocycles. The number of aliphatic hydroxyl groups excluding tert-OH is 1. The summed E-state index contributed by atoms with van der Waals surface area (Å²) in [6.45, 7) is 2.88. The van der Waals surface area contributed by atoms with Crippen LogP contribution in [-0.4, -0.2) is 30.2 Å². The second-order valence-corrected chi connectivity index (χ2v) is 4.18. The number of aryl methyl sites for hydroxylation is 1. The van der Waals surface area contributed by atoms with E-state index in [1.54, 1.807) is 12.1 Å². The summed E-state index contributed by atoms with van der Waals surface area (Å²) in [4.78, 5) is 10.9. The van der Waals surface area contributed by atoms with E-state index in [4.69, 9.17) is 10.8 Å². The molecule has 0 fully saturated rings. The highest BCUT2D eigenvalue weighted by atomic mass is 16.3. The molecule has 1 atom stereocenters. The number of hydrogen-bond acceptors (Lipinski definition) is 3. The molecule has 0 saturated carbocycles. The summed E-state index contributed by atoms with van der Waals surface area (Å²) < 4.78 is 0. The van der Waals surface area contributed by atoms with Gasteiger partial charge in [0.05, 0.1) is 6.61 Å². The lowest BCUT2D eigenvalue weighted by molar-refractivity contribution is 0.100. The zero-order valence-electron chi connectivity index (χ0n) is 10.1. The lowest BCUT2D eigenvalue weighted by Crippen LogP contribution is -2.29. The number of nitrogens with two attached hydrogens (primary N) is 1. The smallest absolute Gasteiger partial charge is 0.248 e. The van der Waals surface area contributed by atoms with Crippen LogP contribution in [0.4, 0.5) is 0 Å². The fourth-order valence-corrected chi connectivity index (χ4v) is 1.63. The van der Waals surface area contributed by atoms with Gasteiger partial charge in [-0.05, 0) is 37.5 Å². The first kappa shape index (κ1) is 13.7. The number of benzene rings is 1. The first-order valence-electron chi connectivity index (χ1n) is 5.86. The van der Waals surface area contributed by atoms with Crippen molar-refractivity contribution < 1.29 is 9.90 Å². The van der Waals surface area contributed by atoms with E-state index in [9.17, 15) is 4.79 Å². The second kappa shape index (κ2) is 7.04. The molecule has 0 aromatic heterocycles. The number of amides is 1. The maximum absolute atomic E-state index is 10.9. The molecule has 0 radical (unpaired) electrons. The van der Waals surface area contributed by atoms with Crippen molar-refractivity contribution in [2.45, 2.75) is 25.8 Å². The Hall–Kier alpha value is -1.39. The minimum atomic E-state index is -0.394. The van der Waals surface area contributed by atoms with Gasteiger partial charge >= 0.3 is 0 Å². The number of carbonyl (C=O) groups excluding carboxylic acids is 1. The Morgan fingerprint density at radius 3 is 2.59 bits per heavy atom. The van der Waals surface area contributed by atoms with Crippen molar-refractivity contribution in [3.05, 3.63) is 35.4 Å². The Bertz CT molecular complexity index is 349. The van der Waals surface area contributed by atoms with E-state index >= 15 is 0 Å². The highest BCUT2D eigenvalue weighted by molar-refractivity contribution is 5.92. The monoisotopic (exact) mass is 236 g/mol. The normalized spacial score (nSPS) is 12.4. The average molecular weight is 236 g/mol. The number of aliphatic hydroxyl groups is 1. The molecular weight excluding hydrogens is 216 g/mol. The molecule has 0 heterocycles. The Kier molecular flexibility index (Phi) is 5.66. The molecule has 1 aromatic rings. The second-order valence-electron chi connectivity index (χ2n) is 4.18. The van der Waals surface area contributed by atoms with Crippen molar-refractivity contribution in [2.24, 2.45) is 5.73 Å². The minimum Gasteiger partial charge on any atom is -0.395 e. The summed E-state index contributed by atoms with van der Waals surface area (Å²) in [5.41, 5.74) is 6.90. The van der Waals surface area contributed by atoms with Crippen molar-refractivity contribution in [3.8, 4) is 0 Å². The van der Waals surface area contributed by atoms with Gasteiger partial charge in [-0.1, -0.05) is 12.1 Å². The van der Waals surface area contributed by atoms with E-state index in [1.807, 2.05) is 12.1 Å². The summed E-state index contributed by atoms with van der Waals surface area (Å²) in [5, 5.41) is 11.9. The fraction of sp³-hybridized carbons (Fsp3) is 0.462. The molecule has 1 unspecified atom stereocenters. The Morgan fingerprint density at radius 1 is 1.41 bits per heavy atom. The molecular formula is C13H20N2O2. The van der Waals surface area contributed by atoms with E-state index in [0.717, 1.165) is 12.8 Å².